The van der Waals surface area contributed by atoms with Crippen molar-refractivity contribution in [2.45, 2.75) is 6.42 Å². The predicted octanol–water partition coefficient (Wildman–Crippen LogP) is 1.26. The van der Waals surface area contributed by atoms with Crippen molar-refractivity contribution in [2.24, 2.45) is 0 Å². The first-order valence-electron chi connectivity index (χ1n) is 3.49. The van der Waals surface area contributed by atoms with Crippen LogP contribution in [0, 0.1) is 6.42 Å². The van der Waals surface area contributed by atoms with Gasteiger partial charge in [0, 0.05) is 5.69 Å². The molecule has 2 heteroatoms. The highest BCUT2D eigenvalue weighted by Gasteiger charge is 2.13. The number of rotatable bonds is 0. The summed E-state index contributed by atoms with van der Waals surface area (Å²) in [6, 6.07) is 7.75. The molecule has 0 aromatic heterocycles. The highest BCUT2D eigenvalue weighted by molar-refractivity contribution is 6.00. The van der Waals surface area contributed by atoms with E-state index in [2.05, 4.69) is 11.7 Å². The maximum Gasteiger partial charge on any atom is 0.233 e. The van der Waals surface area contributed by atoms with Crippen molar-refractivity contribution in [2.75, 3.05) is 5.32 Å². The number of nitrogens with one attached hydrogen (secondary N) is 1. The predicted molar refractivity (Wildman–Crippen MR) is 42.0 cm³/mol. The SMILES string of the molecule is O=C1[C]Cc2ccccc2N1. The summed E-state index contributed by atoms with van der Waals surface area (Å²) in [5.41, 5.74) is 2.04. The summed E-state index contributed by atoms with van der Waals surface area (Å²) in [5.74, 6) is -0.122. The Kier molecular flexibility index (Phi) is 1.39. The van der Waals surface area contributed by atoms with Gasteiger partial charge in [-0.25, -0.2) is 0 Å². The lowest BCUT2D eigenvalue weighted by atomic mass is 10.0. The number of hydrogen-bond acceptors (Lipinski definition) is 1. The fourth-order valence-electron chi connectivity index (χ4n) is 1.14. The number of para-hydroxylation sites is 1. The maximum absolute atomic E-state index is 10.8. The van der Waals surface area contributed by atoms with E-state index in [1.807, 2.05) is 24.3 Å². The van der Waals surface area contributed by atoms with E-state index in [1.165, 1.54) is 0 Å². The first-order chi connectivity index (χ1) is 5.36. The molecule has 0 atom stereocenters. The van der Waals surface area contributed by atoms with Gasteiger partial charge in [-0.15, -0.1) is 0 Å². The van der Waals surface area contributed by atoms with Crippen molar-refractivity contribution in [3.05, 3.63) is 36.2 Å². The molecule has 1 N–H and O–H groups in total. The Morgan fingerprint density at radius 3 is 3.09 bits per heavy atom. The molecule has 0 saturated carbocycles. The average Bonchev–Trinajstić information content (AvgIpc) is 2.04. The molecule has 0 unspecified atom stereocenters. The van der Waals surface area contributed by atoms with Crippen LogP contribution in [0.15, 0.2) is 24.3 Å². The highest BCUT2D eigenvalue weighted by Crippen LogP contribution is 2.20. The maximum atomic E-state index is 10.8. The molecule has 1 aliphatic heterocycles. The Morgan fingerprint density at radius 2 is 2.18 bits per heavy atom. The average molecular weight is 145 g/mol. The minimum atomic E-state index is -0.122. The zero-order valence-electron chi connectivity index (χ0n) is 5.92. The van der Waals surface area contributed by atoms with Crippen LogP contribution in [0.3, 0.4) is 0 Å². The van der Waals surface area contributed by atoms with E-state index < -0.39 is 0 Å². The van der Waals surface area contributed by atoms with Crippen molar-refractivity contribution in [3.63, 3.8) is 0 Å². The molecular formula is C9H7NO. The van der Waals surface area contributed by atoms with Gasteiger partial charge in [-0.1, -0.05) is 18.2 Å². The van der Waals surface area contributed by atoms with Gasteiger partial charge in [0.15, 0.2) is 0 Å². The highest BCUT2D eigenvalue weighted by atomic mass is 16.1. The summed E-state index contributed by atoms with van der Waals surface area (Å²) in [5, 5.41) is 2.71. The Labute approximate surface area is 65.2 Å². The molecule has 1 amide bonds. The van der Waals surface area contributed by atoms with E-state index in [0.717, 1.165) is 11.3 Å². The lowest BCUT2D eigenvalue weighted by Crippen LogP contribution is -2.19. The van der Waals surface area contributed by atoms with Crippen LogP contribution in [0.5, 0.6) is 0 Å². The van der Waals surface area contributed by atoms with Gasteiger partial charge in [0.05, 0.1) is 6.42 Å². The summed E-state index contributed by atoms with van der Waals surface area (Å²) < 4.78 is 0. The topological polar surface area (TPSA) is 29.1 Å². The number of carbonyl (C=O) groups is 1. The zero-order valence-corrected chi connectivity index (χ0v) is 5.92. The molecule has 2 rings (SSSR count). The molecule has 11 heavy (non-hydrogen) atoms. The van der Waals surface area contributed by atoms with Crippen LogP contribution in [0.1, 0.15) is 5.56 Å². The van der Waals surface area contributed by atoms with Crippen LogP contribution in [-0.4, -0.2) is 5.91 Å². The number of anilines is 1. The van der Waals surface area contributed by atoms with Gasteiger partial charge in [0.2, 0.25) is 5.91 Å². The molecule has 0 aliphatic carbocycles. The molecule has 0 fully saturated rings. The van der Waals surface area contributed by atoms with Crippen LogP contribution in [0.25, 0.3) is 0 Å². The lowest BCUT2D eigenvalue weighted by molar-refractivity contribution is -0.113. The first kappa shape index (κ1) is 6.40. The Hall–Kier alpha value is -1.31. The summed E-state index contributed by atoms with van der Waals surface area (Å²) in [7, 11) is 0. The minimum Gasteiger partial charge on any atom is -0.325 e. The second kappa shape index (κ2) is 2.38. The summed E-state index contributed by atoms with van der Waals surface area (Å²) in [4.78, 5) is 10.8. The van der Waals surface area contributed by atoms with Crippen LogP contribution >= 0.6 is 0 Å². The number of carbonyl (C=O) groups excluding carboxylic acids is 1. The zero-order chi connectivity index (χ0) is 7.68. The van der Waals surface area contributed by atoms with Gasteiger partial charge in [-0.05, 0) is 18.1 Å². The molecule has 1 heterocycles. The summed E-state index contributed by atoms with van der Waals surface area (Å²) >= 11 is 0. The molecule has 0 spiro atoms. The molecule has 1 aliphatic rings. The molecule has 1 aromatic rings. The second-order valence-corrected chi connectivity index (χ2v) is 2.46. The molecule has 0 saturated heterocycles. The fraction of sp³-hybridized carbons (Fsp3) is 0.111. The quantitative estimate of drug-likeness (QED) is 0.585. The number of benzene rings is 1. The molecule has 0 bridgehead atoms. The minimum absolute atomic E-state index is 0.122. The van der Waals surface area contributed by atoms with Crippen molar-refractivity contribution in [1.29, 1.82) is 0 Å². The van der Waals surface area contributed by atoms with Gasteiger partial charge in [-0.2, -0.15) is 0 Å². The largest absolute Gasteiger partial charge is 0.325 e. The number of amides is 1. The number of hydrogen-bond donors (Lipinski definition) is 1. The van der Waals surface area contributed by atoms with Gasteiger partial charge < -0.3 is 5.32 Å². The third kappa shape index (κ3) is 1.11. The van der Waals surface area contributed by atoms with Crippen molar-refractivity contribution in [1.82, 2.24) is 0 Å². The summed E-state index contributed by atoms with van der Waals surface area (Å²) in [6.07, 6.45) is 3.32. The van der Waals surface area contributed by atoms with Crippen molar-refractivity contribution < 1.29 is 4.79 Å². The van der Waals surface area contributed by atoms with Crippen LogP contribution in [0.4, 0.5) is 5.69 Å². The van der Waals surface area contributed by atoms with Crippen molar-refractivity contribution in [3.8, 4) is 0 Å². The van der Waals surface area contributed by atoms with Gasteiger partial charge in [0.1, 0.15) is 0 Å². The molecule has 1 aromatic carbocycles. The van der Waals surface area contributed by atoms with E-state index in [0.29, 0.717) is 6.42 Å². The first-order valence-corrected chi connectivity index (χ1v) is 3.49. The smallest absolute Gasteiger partial charge is 0.233 e. The molecular weight excluding hydrogens is 138 g/mol. The lowest BCUT2D eigenvalue weighted by Gasteiger charge is -2.14. The molecule has 2 nitrogen and oxygen atoms in total. The van der Waals surface area contributed by atoms with Crippen LogP contribution < -0.4 is 5.32 Å². The van der Waals surface area contributed by atoms with E-state index >= 15 is 0 Å². The van der Waals surface area contributed by atoms with E-state index in [1.54, 1.807) is 0 Å². The summed E-state index contributed by atoms with van der Waals surface area (Å²) in [6.45, 7) is 0. The molecule has 2 radical (unpaired) electrons. The van der Waals surface area contributed by atoms with Crippen LogP contribution in [0.2, 0.25) is 0 Å². The Morgan fingerprint density at radius 1 is 1.36 bits per heavy atom. The van der Waals surface area contributed by atoms with E-state index in [9.17, 15) is 4.79 Å². The van der Waals surface area contributed by atoms with Gasteiger partial charge in [-0.3, -0.25) is 4.79 Å². The standard InChI is InChI=1S/C9H7NO/c11-9-6-5-7-3-1-2-4-8(7)10-9/h1-4H,5H2,(H,10,11). The number of fused-ring (bicyclic) bond motifs is 1. The Bertz CT molecular complexity index is 293. The third-order valence-corrected chi connectivity index (χ3v) is 1.70. The Balaban J connectivity index is 2.41. The van der Waals surface area contributed by atoms with Crippen LogP contribution in [-0.2, 0) is 11.2 Å². The molecule has 54 valence electrons. The van der Waals surface area contributed by atoms with Gasteiger partial charge in [0.25, 0.3) is 0 Å². The monoisotopic (exact) mass is 145 g/mol. The van der Waals surface area contributed by atoms with E-state index in [4.69, 9.17) is 0 Å². The fourth-order valence-corrected chi connectivity index (χ4v) is 1.14. The van der Waals surface area contributed by atoms with Crippen molar-refractivity contribution >= 4 is 11.6 Å². The second-order valence-electron chi connectivity index (χ2n) is 2.46. The van der Waals surface area contributed by atoms with E-state index in [-0.39, 0.29) is 5.91 Å². The normalized spacial score (nSPS) is 15.5. The van der Waals surface area contributed by atoms with Gasteiger partial charge >= 0.3 is 0 Å². The third-order valence-electron chi connectivity index (χ3n) is 1.70.